The molecule has 1 aliphatic rings. The van der Waals surface area contributed by atoms with E-state index in [0.29, 0.717) is 13.0 Å². The first-order valence-corrected chi connectivity index (χ1v) is 10.1. The molecule has 1 unspecified atom stereocenters. The maximum Gasteiger partial charge on any atom is 0.244 e. The predicted molar refractivity (Wildman–Crippen MR) is 110 cm³/mol. The van der Waals surface area contributed by atoms with Crippen molar-refractivity contribution in [2.45, 2.75) is 25.3 Å². The number of fused-ring (bicyclic) bond motifs is 1. The van der Waals surface area contributed by atoms with E-state index in [1.807, 2.05) is 43.3 Å². The number of likely N-dealkylation sites (tertiary alicyclic amines) is 1. The molecule has 0 spiro atoms. The van der Waals surface area contributed by atoms with Gasteiger partial charge in [-0.3, -0.25) is 9.59 Å². The number of aromatic nitrogens is 1. The van der Waals surface area contributed by atoms with Gasteiger partial charge in [0, 0.05) is 38.2 Å². The van der Waals surface area contributed by atoms with Gasteiger partial charge in [-0.1, -0.05) is 12.1 Å². The molecule has 1 aromatic carbocycles. The van der Waals surface area contributed by atoms with Gasteiger partial charge < -0.3 is 15.1 Å². The molecule has 1 aliphatic heterocycles. The lowest BCUT2D eigenvalue weighted by atomic mass is 10.1. The SMILES string of the molecule is CN(C)CCN1C(=O)CCC1CCNC(=O)C=Cc1nc2ccccc2s1. The van der Waals surface area contributed by atoms with Gasteiger partial charge in [0.25, 0.3) is 0 Å². The standard InChI is InChI=1S/C20H26N4O2S/c1-23(2)13-14-24-15(7-10-20(24)26)11-12-21-18(25)8-9-19-22-16-5-3-4-6-17(16)27-19/h3-6,8-9,15H,7,10-14H2,1-2H3,(H,21,25). The lowest BCUT2D eigenvalue weighted by Gasteiger charge is -2.26. The van der Waals surface area contributed by atoms with Crippen molar-refractivity contribution in [2.75, 3.05) is 33.7 Å². The molecule has 2 aromatic rings. The zero-order valence-electron chi connectivity index (χ0n) is 15.9. The normalized spacial score (nSPS) is 17.5. The Bertz CT molecular complexity index is 797. The molecule has 6 nitrogen and oxygen atoms in total. The average molecular weight is 387 g/mol. The average Bonchev–Trinajstić information content (AvgIpc) is 3.21. The summed E-state index contributed by atoms with van der Waals surface area (Å²) in [7, 11) is 4.01. The molecule has 1 fully saturated rings. The van der Waals surface area contributed by atoms with E-state index in [1.165, 1.54) is 6.08 Å². The number of carbonyl (C=O) groups is 2. The van der Waals surface area contributed by atoms with Gasteiger partial charge in [0.2, 0.25) is 11.8 Å². The summed E-state index contributed by atoms with van der Waals surface area (Å²) in [5.74, 6) is 0.0994. The number of nitrogens with one attached hydrogen (secondary N) is 1. The lowest BCUT2D eigenvalue weighted by Crippen LogP contribution is -2.39. The van der Waals surface area contributed by atoms with Crippen molar-refractivity contribution in [3.63, 3.8) is 0 Å². The summed E-state index contributed by atoms with van der Waals surface area (Å²) in [4.78, 5) is 32.6. The highest BCUT2D eigenvalue weighted by atomic mass is 32.1. The number of nitrogens with zero attached hydrogens (tertiary/aromatic N) is 3. The second-order valence-corrected chi connectivity index (χ2v) is 8.08. The molecular weight excluding hydrogens is 360 g/mol. The van der Waals surface area contributed by atoms with E-state index in [4.69, 9.17) is 0 Å². The van der Waals surface area contributed by atoms with Gasteiger partial charge in [-0.25, -0.2) is 4.98 Å². The Kier molecular flexibility index (Phi) is 6.58. The molecule has 1 N–H and O–H groups in total. The van der Waals surface area contributed by atoms with Crippen LogP contribution in [0.3, 0.4) is 0 Å². The second kappa shape index (κ2) is 9.10. The third-order valence-corrected chi connectivity index (χ3v) is 5.71. The van der Waals surface area contributed by atoms with E-state index in [1.54, 1.807) is 17.4 Å². The zero-order chi connectivity index (χ0) is 19.2. The Labute approximate surface area is 163 Å². The fraction of sp³-hybridized carbons (Fsp3) is 0.450. The van der Waals surface area contributed by atoms with Crippen molar-refractivity contribution >= 4 is 39.4 Å². The highest BCUT2D eigenvalue weighted by Crippen LogP contribution is 2.22. The van der Waals surface area contributed by atoms with Gasteiger partial charge in [-0.05, 0) is 45.1 Å². The summed E-state index contributed by atoms with van der Waals surface area (Å²) in [6, 6.07) is 8.16. The van der Waals surface area contributed by atoms with Crippen LogP contribution in [0, 0.1) is 0 Å². The van der Waals surface area contributed by atoms with Gasteiger partial charge in [0.1, 0.15) is 5.01 Å². The highest BCUT2D eigenvalue weighted by Gasteiger charge is 2.30. The molecule has 0 aliphatic carbocycles. The van der Waals surface area contributed by atoms with Crippen LogP contribution in [-0.2, 0) is 9.59 Å². The predicted octanol–water partition coefficient (Wildman–Crippen LogP) is 2.37. The van der Waals surface area contributed by atoms with Gasteiger partial charge >= 0.3 is 0 Å². The van der Waals surface area contributed by atoms with Crippen LogP contribution in [0.1, 0.15) is 24.3 Å². The quantitative estimate of drug-likeness (QED) is 0.708. The minimum atomic E-state index is -0.126. The maximum absolute atomic E-state index is 12.1. The fourth-order valence-corrected chi connectivity index (χ4v) is 4.11. The van der Waals surface area contributed by atoms with Gasteiger partial charge in [-0.15, -0.1) is 11.3 Å². The highest BCUT2D eigenvalue weighted by molar-refractivity contribution is 7.19. The van der Waals surface area contributed by atoms with E-state index in [0.717, 1.165) is 41.2 Å². The van der Waals surface area contributed by atoms with Crippen molar-refractivity contribution in [3.05, 3.63) is 35.3 Å². The summed E-state index contributed by atoms with van der Waals surface area (Å²) in [6.07, 6.45) is 5.57. The minimum absolute atomic E-state index is 0.126. The maximum atomic E-state index is 12.1. The van der Waals surface area contributed by atoms with E-state index in [9.17, 15) is 9.59 Å². The molecule has 3 rings (SSSR count). The molecule has 144 valence electrons. The summed E-state index contributed by atoms with van der Waals surface area (Å²) in [6.45, 7) is 2.18. The Hall–Kier alpha value is -2.25. The van der Waals surface area contributed by atoms with Crippen molar-refractivity contribution in [1.29, 1.82) is 0 Å². The third-order valence-electron chi connectivity index (χ3n) is 4.71. The Balaban J connectivity index is 1.45. The molecule has 7 heteroatoms. The number of amides is 2. The van der Waals surface area contributed by atoms with Crippen LogP contribution < -0.4 is 5.32 Å². The van der Waals surface area contributed by atoms with E-state index in [-0.39, 0.29) is 17.9 Å². The van der Waals surface area contributed by atoms with E-state index < -0.39 is 0 Å². The van der Waals surface area contributed by atoms with Crippen LogP contribution in [0.25, 0.3) is 16.3 Å². The summed E-state index contributed by atoms with van der Waals surface area (Å²) in [5, 5.41) is 3.74. The van der Waals surface area contributed by atoms with Gasteiger partial charge in [0.05, 0.1) is 10.2 Å². The number of thiazole rings is 1. The van der Waals surface area contributed by atoms with E-state index in [2.05, 4.69) is 15.2 Å². The molecule has 2 heterocycles. The van der Waals surface area contributed by atoms with Crippen molar-refractivity contribution in [2.24, 2.45) is 0 Å². The summed E-state index contributed by atoms with van der Waals surface area (Å²) in [5.41, 5.74) is 0.950. The fourth-order valence-electron chi connectivity index (χ4n) is 3.24. The first-order valence-electron chi connectivity index (χ1n) is 9.28. The van der Waals surface area contributed by atoms with Crippen LogP contribution in [0.2, 0.25) is 0 Å². The van der Waals surface area contributed by atoms with E-state index >= 15 is 0 Å². The molecule has 1 aromatic heterocycles. The number of hydrogen-bond acceptors (Lipinski definition) is 5. The summed E-state index contributed by atoms with van der Waals surface area (Å²) >= 11 is 1.57. The molecule has 2 amide bonds. The van der Waals surface area contributed by atoms with Crippen LogP contribution in [0.15, 0.2) is 30.3 Å². The Morgan fingerprint density at radius 2 is 2.22 bits per heavy atom. The molecule has 1 saturated heterocycles. The summed E-state index contributed by atoms with van der Waals surface area (Å²) < 4.78 is 1.11. The smallest absolute Gasteiger partial charge is 0.244 e. The third kappa shape index (κ3) is 5.37. The van der Waals surface area contributed by atoms with Crippen LogP contribution in [0.4, 0.5) is 0 Å². The van der Waals surface area contributed by atoms with Crippen LogP contribution in [-0.4, -0.2) is 66.4 Å². The molecular formula is C20H26N4O2S. The topological polar surface area (TPSA) is 65.5 Å². The Morgan fingerprint density at radius 1 is 1.41 bits per heavy atom. The van der Waals surface area contributed by atoms with Crippen molar-refractivity contribution in [1.82, 2.24) is 20.1 Å². The monoisotopic (exact) mass is 386 g/mol. The Morgan fingerprint density at radius 3 is 3.00 bits per heavy atom. The number of carbonyl (C=O) groups excluding carboxylic acids is 2. The second-order valence-electron chi connectivity index (χ2n) is 7.02. The number of hydrogen-bond donors (Lipinski definition) is 1. The molecule has 0 saturated carbocycles. The van der Waals surface area contributed by atoms with Gasteiger partial charge in [-0.2, -0.15) is 0 Å². The number of benzene rings is 1. The number of para-hydroxylation sites is 1. The van der Waals surface area contributed by atoms with Gasteiger partial charge in [0.15, 0.2) is 0 Å². The van der Waals surface area contributed by atoms with Crippen molar-refractivity contribution < 1.29 is 9.59 Å². The first-order chi connectivity index (χ1) is 13.0. The molecule has 0 bridgehead atoms. The van der Waals surface area contributed by atoms with Crippen LogP contribution >= 0.6 is 11.3 Å². The van der Waals surface area contributed by atoms with Crippen LogP contribution in [0.5, 0.6) is 0 Å². The molecule has 1 atom stereocenters. The number of rotatable bonds is 8. The van der Waals surface area contributed by atoms with Crippen molar-refractivity contribution in [3.8, 4) is 0 Å². The minimum Gasteiger partial charge on any atom is -0.352 e. The zero-order valence-corrected chi connectivity index (χ0v) is 16.7. The number of likely N-dealkylation sites (N-methyl/N-ethyl adjacent to an activating group) is 1. The lowest BCUT2D eigenvalue weighted by molar-refractivity contribution is -0.129. The molecule has 27 heavy (non-hydrogen) atoms. The molecule has 0 radical (unpaired) electrons. The first kappa shape index (κ1) is 19.5. The largest absolute Gasteiger partial charge is 0.352 e.